The molecule has 2 aromatic heterocycles. The Morgan fingerprint density at radius 2 is 2.15 bits per heavy atom. The molecule has 0 atom stereocenters. The number of aromatic nitrogens is 3. The number of rotatable bonds is 3. The molecule has 0 amide bonds. The van der Waals surface area contributed by atoms with Crippen molar-refractivity contribution in [1.29, 1.82) is 0 Å². The van der Waals surface area contributed by atoms with Crippen molar-refractivity contribution in [2.24, 2.45) is 5.73 Å². The Labute approximate surface area is 79.8 Å². The highest BCUT2D eigenvalue weighted by Gasteiger charge is 2.03. The minimum atomic E-state index is 0.705. The lowest BCUT2D eigenvalue weighted by Gasteiger charge is -1.89. The number of nitrogens with zero attached hydrogens (tertiary/aromatic N) is 3. The van der Waals surface area contributed by atoms with Crippen molar-refractivity contribution < 1.29 is 0 Å². The molecular weight excluding hydrogens is 184 g/mol. The van der Waals surface area contributed by atoms with E-state index in [0.29, 0.717) is 6.54 Å². The molecule has 0 aliphatic carbocycles. The van der Waals surface area contributed by atoms with Gasteiger partial charge in [-0.05, 0) is 13.0 Å². The molecule has 0 aromatic carbocycles. The fourth-order valence-corrected chi connectivity index (χ4v) is 1.98. The van der Waals surface area contributed by atoms with E-state index in [1.807, 2.05) is 0 Å². The third kappa shape index (κ3) is 1.81. The molecule has 0 radical (unpaired) electrons. The van der Waals surface area contributed by atoms with Crippen molar-refractivity contribution in [3.05, 3.63) is 17.4 Å². The van der Waals surface area contributed by atoms with Gasteiger partial charge in [0.05, 0.1) is 5.01 Å². The molecule has 2 rings (SSSR count). The zero-order chi connectivity index (χ0) is 9.10. The topological polar surface area (TPSA) is 64.7 Å². The molecule has 5 heteroatoms. The summed E-state index contributed by atoms with van der Waals surface area (Å²) in [5, 5.41) is 1.08. The lowest BCUT2D eigenvalue weighted by molar-refractivity contribution is 0.827. The maximum Gasteiger partial charge on any atom is 0.189 e. The Morgan fingerprint density at radius 1 is 1.31 bits per heavy atom. The van der Waals surface area contributed by atoms with Crippen LogP contribution in [0.5, 0.6) is 0 Å². The quantitative estimate of drug-likeness (QED) is 0.791. The third-order valence-electron chi connectivity index (χ3n) is 1.69. The Morgan fingerprint density at radius 3 is 2.92 bits per heavy atom. The number of nitrogens with two attached hydrogens (primary N) is 1. The van der Waals surface area contributed by atoms with Crippen LogP contribution < -0.4 is 5.73 Å². The summed E-state index contributed by atoms with van der Waals surface area (Å²) in [7, 11) is 0. The van der Waals surface area contributed by atoms with Gasteiger partial charge in [-0.25, -0.2) is 15.0 Å². The molecule has 68 valence electrons. The molecule has 0 aliphatic rings. The van der Waals surface area contributed by atoms with E-state index in [0.717, 1.165) is 28.3 Å². The molecule has 2 heterocycles. The van der Waals surface area contributed by atoms with Gasteiger partial charge in [0.25, 0.3) is 0 Å². The molecular formula is C8H10N4S. The summed E-state index contributed by atoms with van der Waals surface area (Å²) >= 11 is 1.60. The molecule has 0 fully saturated rings. The molecule has 0 saturated heterocycles. The highest BCUT2D eigenvalue weighted by molar-refractivity contribution is 7.18. The standard InChI is InChI=1S/C8H10N4S/c9-3-1-2-6-12-7-8(13-6)11-5-4-10-7/h4-5H,1-3,9H2. The maximum atomic E-state index is 5.42. The smallest absolute Gasteiger partial charge is 0.189 e. The lowest BCUT2D eigenvalue weighted by atomic mass is 10.3. The van der Waals surface area contributed by atoms with E-state index >= 15 is 0 Å². The second-order valence-electron chi connectivity index (χ2n) is 2.68. The molecule has 0 unspecified atom stereocenters. The Hall–Kier alpha value is -1.07. The first kappa shape index (κ1) is 8.52. The zero-order valence-electron chi connectivity index (χ0n) is 7.10. The molecule has 0 spiro atoms. The molecule has 0 saturated carbocycles. The van der Waals surface area contributed by atoms with Crippen molar-refractivity contribution in [2.45, 2.75) is 12.8 Å². The van der Waals surface area contributed by atoms with E-state index in [-0.39, 0.29) is 0 Å². The van der Waals surface area contributed by atoms with Crippen LogP contribution in [0.25, 0.3) is 10.5 Å². The predicted molar refractivity (Wildman–Crippen MR) is 52.6 cm³/mol. The van der Waals surface area contributed by atoms with E-state index < -0.39 is 0 Å². The first-order chi connectivity index (χ1) is 6.40. The maximum absolute atomic E-state index is 5.42. The summed E-state index contributed by atoms with van der Waals surface area (Å²) < 4.78 is 0. The minimum Gasteiger partial charge on any atom is -0.330 e. The summed E-state index contributed by atoms with van der Waals surface area (Å²) in [6.07, 6.45) is 5.25. The van der Waals surface area contributed by atoms with Gasteiger partial charge in [-0.2, -0.15) is 0 Å². The van der Waals surface area contributed by atoms with Gasteiger partial charge in [0.2, 0.25) is 0 Å². The monoisotopic (exact) mass is 194 g/mol. The van der Waals surface area contributed by atoms with Crippen LogP contribution in [-0.2, 0) is 6.42 Å². The molecule has 2 aromatic rings. The number of thiazole rings is 1. The number of fused-ring (bicyclic) bond motifs is 1. The second kappa shape index (κ2) is 3.76. The van der Waals surface area contributed by atoms with Crippen LogP contribution in [0.4, 0.5) is 0 Å². The predicted octanol–water partition coefficient (Wildman–Crippen LogP) is 0.978. The molecule has 2 N–H and O–H groups in total. The van der Waals surface area contributed by atoms with Crippen molar-refractivity contribution >= 4 is 21.8 Å². The van der Waals surface area contributed by atoms with Crippen LogP contribution in [-0.4, -0.2) is 21.5 Å². The van der Waals surface area contributed by atoms with Gasteiger partial charge in [0, 0.05) is 18.8 Å². The van der Waals surface area contributed by atoms with E-state index in [1.54, 1.807) is 23.7 Å². The number of hydrogen-bond donors (Lipinski definition) is 1. The first-order valence-electron chi connectivity index (χ1n) is 4.16. The van der Waals surface area contributed by atoms with Gasteiger partial charge >= 0.3 is 0 Å². The number of aryl methyl sites for hydroxylation is 1. The van der Waals surface area contributed by atoms with Crippen LogP contribution >= 0.6 is 11.3 Å². The fraction of sp³-hybridized carbons (Fsp3) is 0.375. The third-order valence-corrected chi connectivity index (χ3v) is 2.70. The Kier molecular flexibility index (Phi) is 2.47. The first-order valence-corrected chi connectivity index (χ1v) is 4.98. The summed E-state index contributed by atoms with van der Waals surface area (Å²) in [5.41, 5.74) is 6.17. The fourth-order valence-electron chi connectivity index (χ4n) is 1.08. The van der Waals surface area contributed by atoms with Gasteiger partial charge < -0.3 is 5.73 Å². The van der Waals surface area contributed by atoms with Crippen molar-refractivity contribution in [1.82, 2.24) is 15.0 Å². The summed E-state index contributed by atoms with van der Waals surface area (Å²) in [5.74, 6) is 0. The highest BCUT2D eigenvalue weighted by atomic mass is 32.1. The van der Waals surface area contributed by atoms with Gasteiger partial charge in [0.15, 0.2) is 10.5 Å². The van der Waals surface area contributed by atoms with Crippen molar-refractivity contribution in [3.63, 3.8) is 0 Å². The van der Waals surface area contributed by atoms with E-state index in [4.69, 9.17) is 5.73 Å². The van der Waals surface area contributed by atoms with E-state index in [2.05, 4.69) is 15.0 Å². The molecule has 13 heavy (non-hydrogen) atoms. The van der Waals surface area contributed by atoms with Gasteiger partial charge in [0.1, 0.15) is 0 Å². The second-order valence-corrected chi connectivity index (χ2v) is 3.75. The SMILES string of the molecule is NCCCc1nc2nccnc2s1. The Balaban J connectivity index is 2.28. The minimum absolute atomic E-state index is 0.705. The van der Waals surface area contributed by atoms with Gasteiger partial charge in [-0.15, -0.1) is 0 Å². The van der Waals surface area contributed by atoms with Crippen LogP contribution in [0.15, 0.2) is 12.4 Å². The Bertz CT molecular complexity index is 365. The summed E-state index contributed by atoms with van der Waals surface area (Å²) in [4.78, 5) is 13.5. The molecule has 0 bridgehead atoms. The van der Waals surface area contributed by atoms with Crippen LogP contribution in [0.1, 0.15) is 11.4 Å². The average molecular weight is 194 g/mol. The van der Waals surface area contributed by atoms with Gasteiger partial charge in [-0.3, -0.25) is 0 Å². The van der Waals surface area contributed by atoms with Crippen LogP contribution in [0, 0.1) is 0 Å². The zero-order valence-corrected chi connectivity index (χ0v) is 7.92. The number of hydrogen-bond acceptors (Lipinski definition) is 5. The van der Waals surface area contributed by atoms with Crippen molar-refractivity contribution in [2.75, 3.05) is 6.54 Å². The average Bonchev–Trinajstić information content (AvgIpc) is 2.57. The van der Waals surface area contributed by atoms with Crippen LogP contribution in [0.3, 0.4) is 0 Å². The van der Waals surface area contributed by atoms with Gasteiger partial charge in [-0.1, -0.05) is 11.3 Å². The molecule has 0 aliphatic heterocycles. The normalized spacial score (nSPS) is 10.8. The highest BCUT2D eigenvalue weighted by Crippen LogP contribution is 2.18. The van der Waals surface area contributed by atoms with Crippen LogP contribution in [0.2, 0.25) is 0 Å². The van der Waals surface area contributed by atoms with Crippen molar-refractivity contribution in [3.8, 4) is 0 Å². The molecule has 4 nitrogen and oxygen atoms in total. The summed E-state index contributed by atoms with van der Waals surface area (Å²) in [6, 6.07) is 0. The lowest BCUT2D eigenvalue weighted by Crippen LogP contribution is -1.99. The summed E-state index contributed by atoms with van der Waals surface area (Å²) in [6.45, 7) is 0.705. The van der Waals surface area contributed by atoms with E-state index in [1.165, 1.54) is 0 Å². The van der Waals surface area contributed by atoms with E-state index in [9.17, 15) is 0 Å². The largest absolute Gasteiger partial charge is 0.330 e.